The van der Waals surface area contributed by atoms with E-state index in [1.165, 1.54) is 6.20 Å². The van der Waals surface area contributed by atoms with E-state index in [1.54, 1.807) is 31.4 Å². The Bertz CT molecular complexity index is 519. The maximum atomic E-state index is 12.0. The summed E-state index contributed by atoms with van der Waals surface area (Å²) in [6.07, 6.45) is 1.41. The van der Waals surface area contributed by atoms with Crippen LogP contribution in [-0.2, 0) is 0 Å². The van der Waals surface area contributed by atoms with Gasteiger partial charge in [0.2, 0.25) is 0 Å². The minimum absolute atomic E-state index is 0.176. The molecule has 0 amide bonds. The Morgan fingerprint density at radius 3 is 2.94 bits per heavy atom. The molecule has 0 aliphatic carbocycles. The molecule has 5 heteroatoms. The summed E-state index contributed by atoms with van der Waals surface area (Å²) in [4.78, 5) is 12.0. The minimum atomic E-state index is -0.176. The Hall–Kier alpha value is -2.30. The average molecular weight is 217 g/mol. The number of hydrogen-bond donors (Lipinski definition) is 2. The third-order valence-electron chi connectivity index (χ3n) is 2.25. The Labute approximate surface area is 92.2 Å². The molecule has 1 aromatic carbocycles. The number of nitrogen functional groups attached to an aromatic ring is 1. The van der Waals surface area contributed by atoms with E-state index in [-0.39, 0.29) is 11.6 Å². The fourth-order valence-corrected chi connectivity index (χ4v) is 1.40. The van der Waals surface area contributed by atoms with Gasteiger partial charge in [-0.15, -0.1) is 0 Å². The van der Waals surface area contributed by atoms with Crippen molar-refractivity contribution in [2.45, 2.75) is 0 Å². The van der Waals surface area contributed by atoms with Crippen LogP contribution in [0.1, 0.15) is 15.9 Å². The second-order valence-corrected chi connectivity index (χ2v) is 3.26. The number of carbonyl (C=O) groups is 1. The largest absolute Gasteiger partial charge is 0.497 e. The standard InChI is InChI=1S/C11H11N3O2/c1-16-8-4-2-3-7(5-8)10(15)9-6-13-14-11(9)12/h2-6H,1H3,(H3,12,13,14). The molecule has 0 saturated heterocycles. The van der Waals surface area contributed by atoms with Crippen LogP contribution in [0, 0.1) is 0 Å². The van der Waals surface area contributed by atoms with Gasteiger partial charge >= 0.3 is 0 Å². The zero-order chi connectivity index (χ0) is 11.5. The number of nitrogens with two attached hydrogens (primary N) is 1. The number of anilines is 1. The Balaban J connectivity index is 2.38. The first-order valence-electron chi connectivity index (χ1n) is 4.70. The van der Waals surface area contributed by atoms with Crippen LogP contribution in [0.25, 0.3) is 0 Å². The molecule has 3 N–H and O–H groups in total. The van der Waals surface area contributed by atoms with Gasteiger partial charge in [0, 0.05) is 5.56 Å². The molecule has 0 radical (unpaired) electrons. The number of ketones is 1. The second-order valence-electron chi connectivity index (χ2n) is 3.26. The molecule has 0 atom stereocenters. The number of methoxy groups -OCH3 is 1. The molecule has 0 aliphatic rings. The average Bonchev–Trinajstić information content (AvgIpc) is 2.74. The van der Waals surface area contributed by atoms with E-state index in [0.717, 1.165) is 0 Å². The van der Waals surface area contributed by atoms with Crippen LogP contribution >= 0.6 is 0 Å². The number of nitrogens with one attached hydrogen (secondary N) is 1. The number of ether oxygens (including phenoxy) is 1. The SMILES string of the molecule is COc1cccc(C(=O)c2cn[nH]c2N)c1. The molecular formula is C11H11N3O2. The smallest absolute Gasteiger partial charge is 0.198 e. The number of rotatable bonds is 3. The van der Waals surface area contributed by atoms with Gasteiger partial charge in [-0.2, -0.15) is 5.10 Å². The van der Waals surface area contributed by atoms with Gasteiger partial charge in [0.05, 0.1) is 18.9 Å². The lowest BCUT2D eigenvalue weighted by Crippen LogP contribution is -2.03. The number of hydrogen-bond acceptors (Lipinski definition) is 4. The maximum Gasteiger partial charge on any atom is 0.198 e. The predicted molar refractivity (Wildman–Crippen MR) is 59.4 cm³/mol. The highest BCUT2D eigenvalue weighted by molar-refractivity contribution is 6.11. The molecule has 5 nitrogen and oxygen atoms in total. The van der Waals surface area contributed by atoms with Gasteiger partial charge in [-0.3, -0.25) is 9.89 Å². The van der Waals surface area contributed by atoms with Crippen molar-refractivity contribution in [2.24, 2.45) is 0 Å². The summed E-state index contributed by atoms with van der Waals surface area (Å²) in [6, 6.07) is 6.89. The quantitative estimate of drug-likeness (QED) is 0.758. The first-order valence-corrected chi connectivity index (χ1v) is 4.70. The first-order chi connectivity index (χ1) is 7.72. The molecule has 16 heavy (non-hydrogen) atoms. The van der Waals surface area contributed by atoms with Crippen molar-refractivity contribution in [3.05, 3.63) is 41.6 Å². The topological polar surface area (TPSA) is 81.0 Å². The van der Waals surface area contributed by atoms with E-state index in [1.807, 2.05) is 0 Å². The van der Waals surface area contributed by atoms with Crippen molar-refractivity contribution in [1.29, 1.82) is 0 Å². The van der Waals surface area contributed by atoms with E-state index in [4.69, 9.17) is 10.5 Å². The van der Waals surface area contributed by atoms with Gasteiger partial charge in [-0.1, -0.05) is 12.1 Å². The highest BCUT2D eigenvalue weighted by atomic mass is 16.5. The van der Waals surface area contributed by atoms with Crippen LogP contribution in [0.15, 0.2) is 30.5 Å². The zero-order valence-electron chi connectivity index (χ0n) is 8.73. The van der Waals surface area contributed by atoms with Gasteiger partial charge in [-0.25, -0.2) is 0 Å². The second kappa shape index (κ2) is 4.06. The monoisotopic (exact) mass is 217 g/mol. The van der Waals surface area contributed by atoms with Gasteiger partial charge < -0.3 is 10.5 Å². The molecule has 82 valence electrons. The van der Waals surface area contributed by atoms with Crippen LogP contribution in [0.2, 0.25) is 0 Å². The van der Waals surface area contributed by atoms with Gasteiger partial charge in [0.15, 0.2) is 5.78 Å². The van der Waals surface area contributed by atoms with Crippen molar-refractivity contribution in [2.75, 3.05) is 12.8 Å². The van der Waals surface area contributed by atoms with E-state index in [9.17, 15) is 4.79 Å². The van der Waals surface area contributed by atoms with Gasteiger partial charge in [0.25, 0.3) is 0 Å². The van der Waals surface area contributed by atoms with Crippen LogP contribution in [-0.4, -0.2) is 23.1 Å². The van der Waals surface area contributed by atoms with Gasteiger partial charge in [-0.05, 0) is 12.1 Å². The van der Waals surface area contributed by atoms with Crippen molar-refractivity contribution >= 4 is 11.6 Å². The van der Waals surface area contributed by atoms with Crippen molar-refractivity contribution in [3.8, 4) is 5.75 Å². The highest BCUT2D eigenvalue weighted by Gasteiger charge is 2.14. The number of aromatic nitrogens is 2. The highest BCUT2D eigenvalue weighted by Crippen LogP contribution is 2.18. The van der Waals surface area contributed by atoms with Crippen LogP contribution in [0.5, 0.6) is 5.75 Å². The third-order valence-corrected chi connectivity index (χ3v) is 2.25. The van der Waals surface area contributed by atoms with Crippen LogP contribution < -0.4 is 10.5 Å². The molecule has 0 unspecified atom stereocenters. The van der Waals surface area contributed by atoms with E-state index in [2.05, 4.69) is 10.2 Å². The molecule has 0 saturated carbocycles. The van der Waals surface area contributed by atoms with E-state index < -0.39 is 0 Å². The van der Waals surface area contributed by atoms with Crippen LogP contribution in [0.3, 0.4) is 0 Å². The molecule has 0 aliphatic heterocycles. The fourth-order valence-electron chi connectivity index (χ4n) is 1.40. The molecule has 0 bridgehead atoms. The Kier molecular flexibility index (Phi) is 2.59. The van der Waals surface area contributed by atoms with Gasteiger partial charge in [0.1, 0.15) is 11.6 Å². The summed E-state index contributed by atoms with van der Waals surface area (Å²) in [7, 11) is 1.55. The first kappa shape index (κ1) is 10.2. The zero-order valence-corrected chi connectivity index (χ0v) is 8.73. The van der Waals surface area contributed by atoms with Crippen molar-refractivity contribution in [1.82, 2.24) is 10.2 Å². The normalized spacial score (nSPS) is 10.1. The summed E-state index contributed by atoms with van der Waals surface area (Å²) in [5.74, 6) is 0.728. The molecule has 2 rings (SSSR count). The number of H-pyrrole nitrogens is 1. The number of nitrogens with zero attached hydrogens (tertiary/aromatic N) is 1. The molecule has 1 aromatic heterocycles. The summed E-state index contributed by atoms with van der Waals surface area (Å²) >= 11 is 0. The lowest BCUT2D eigenvalue weighted by Gasteiger charge is -2.02. The number of aromatic amines is 1. The number of carbonyl (C=O) groups excluding carboxylic acids is 1. The molecule has 1 heterocycles. The fraction of sp³-hybridized carbons (Fsp3) is 0.0909. The van der Waals surface area contributed by atoms with E-state index in [0.29, 0.717) is 16.9 Å². The summed E-state index contributed by atoms with van der Waals surface area (Å²) in [5, 5.41) is 6.23. The molecule has 0 spiro atoms. The maximum absolute atomic E-state index is 12.0. The molecule has 2 aromatic rings. The lowest BCUT2D eigenvalue weighted by atomic mass is 10.1. The van der Waals surface area contributed by atoms with Crippen molar-refractivity contribution in [3.63, 3.8) is 0 Å². The Morgan fingerprint density at radius 2 is 2.31 bits per heavy atom. The summed E-state index contributed by atoms with van der Waals surface area (Å²) < 4.78 is 5.05. The van der Waals surface area contributed by atoms with Crippen LogP contribution in [0.4, 0.5) is 5.82 Å². The summed E-state index contributed by atoms with van der Waals surface area (Å²) in [5.41, 5.74) is 6.47. The Morgan fingerprint density at radius 1 is 1.50 bits per heavy atom. The third kappa shape index (κ3) is 1.75. The van der Waals surface area contributed by atoms with E-state index >= 15 is 0 Å². The predicted octanol–water partition coefficient (Wildman–Crippen LogP) is 1.23. The summed E-state index contributed by atoms with van der Waals surface area (Å²) in [6.45, 7) is 0. The molecular weight excluding hydrogens is 206 g/mol. The minimum Gasteiger partial charge on any atom is -0.497 e. The number of benzene rings is 1. The van der Waals surface area contributed by atoms with Crippen molar-refractivity contribution < 1.29 is 9.53 Å². The molecule has 0 fully saturated rings. The lowest BCUT2D eigenvalue weighted by molar-refractivity contribution is 0.103.